The summed E-state index contributed by atoms with van der Waals surface area (Å²) in [5.74, 6) is -1.88. The largest absolute Gasteiger partial charge is 0.494 e. The average Bonchev–Trinajstić information content (AvgIpc) is 2.30. The SMILES string of the molecule is CCCCOc1ccc(OC(=O)C(F)(F)F)cc1. The molecule has 0 aliphatic heterocycles. The van der Waals surface area contributed by atoms with Gasteiger partial charge in [0, 0.05) is 0 Å². The molecule has 0 aliphatic rings. The van der Waals surface area contributed by atoms with Crippen molar-refractivity contribution >= 4 is 5.97 Å². The zero-order valence-electron chi connectivity index (χ0n) is 9.79. The number of hydrogen-bond donors (Lipinski definition) is 0. The lowest BCUT2D eigenvalue weighted by Crippen LogP contribution is -2.27. The number of halogens is 3. The predicted octanol–water partition coefficient (Wildman–Crippen LogP) is 3.33. The number of benzene rings is 1. The van der Waals surface area contributed by atoms with Crippen LogP contribution in [0.5, 0.6) is 11.5 Å². The molecule has 0 saturated carbocycles. The molecule has 18 heavy (non-hydrogen) atoms. The van der Waals surface area contributed by atoms with Crippen LogP contribution in [0, 0.1) is 0 Å². The fraction of sp³-hybridized carbons (Fsp3) is 0.417. The van der Waals surface area contributed by atoms with Gasteiger partial charge in [-0.3, -0.25) is 0 Å². The van der Waals surface area contributed by atoms with Crippen LogP contribution in [0.3, 0.4) is 0 Å². The molecule has 6 heteroatoms. The number of alkyl halides is 3. The molecule has 0 atom stereocenters. The standard InChI is InChI=1S/C12H13F3O3/c1-2-3-8-17-9-4-6-10(7-5-9)18-11(16)12(13,14)15/h4-7H,2-3,8H2,1H3. The Kier molecular flexibility index (Phi) is 5.00. The molecule has 1 aromatic rings. The topological polar surface area (TPSA) is 35.5 Å². The number of rotatable bonds is 5. The second-order valence-electron chi connectivity index (χ2n) is 3.56. The van der Waals surface area contributed by atoms with Crippen molar-refractivity contribution in [2.45, 2.75) is 25.9 Å². The Hall–Kier alpha value is -1.72. The fourth-order valence-electron chi connectivity index (χ4n) is 1.10. The zero-order chi connectivity index (χ0) is 13.6. The van der Waals surface area contributed by atoms with Crippen LogP contribution in [0.1, 0.15) is 19.8 Å². The van der Waals surface area contributed by atoms with Crippen LogP contribution >= 0.6 is 0 Å². The summed E-state index contributed by atoms with van der Waals surface area (Å²) >= 11 is 0. The van der Waals surface area contributed by atoms with E-state index in [-0.39, 0.29) is 5.75 Å². The highest BCUT2D eigenvalue weighted by molar-refractivity contribution is 5.78. The molecule has 0 saturated heterocycles. The monoisotopic (exact) mass is 262 g/mol. The van der Waals surface area contributed by atoms with Crippen molar-refractivity contribution in [1.29, 1.82) is 0 Å². The van der Waals surface area contributed by atoms with Gasteiger partial charge in [0.15, 0.2) is 0 Å². The second-order valence-corrected chi connectivity index (χ2v) is 3.56. The third kappa shape index (κ3) is 4.65. The van der Waals surface area contributed by atoms with Gasteiger partial charge in [-0.05, 0) is 30.7 Å². The average molecular weight is 262 g/mol. The number of hydrogen-bond acceptors (Lipinski definition) is 3. The van der Waals surface area contributed by atoms with Crippen LogP contribution in [-0.2, 0) is 4.79 Å². The molecule has 1 aromatic carbocycles. The van der Waals surface area contributed by atoms with E-state index >= 15 is 0 Å². The van der Waals surface area contributed by atoms with E-state index < -0.39 is 12.1 Å². The molecule has 3 nitrogen and oxygen atoms in total. The molecule has 100 valence electrons. The first-order valence-electron chi connectivity index (χ1n) is 5.45. The molecule has 0 bridgehead atoms. The summed E-state index contributed by atoms with van der Waals surface area (Å²) in [4.78, 5) is 10.6. The van der Waals surface area contributed by atoms with E-state index in [0.29, 0.717) is 12.4 Å². The molecular weight excluding hydrogens is 249 g/mol. The lowest BCUT2D eigenvalue weighted by Gasteiger charge is -2.08. The predicted molar refractivity (Wildman–Crippen MR) is 58.5 cm³/mol. The first-order valence-corrected chi connectivity index (χ1v) is 5.45. The molecule has 0 aromatic heterocycles. The van der Waals surface area contributed by atoms with Gasteiger partial charge < -0.3 is 9.47 Å². The van der Waals surface area contributed by atoms with E-state index in [1.54, 1.807) is 0 Å². The molecule has 0 spiro atoms. The summed E-state index contributed by atoms with van der Waals surface area (Å²) in [6.07, 6.45) is -3.11. The van der Waals surface area contributed by atoms with E-state index in [2.05, 4.69) is 4.74 Å². The molecule has 0 aliphatic carbocycles. The van der Waals surface area contributed by atoms with E-state index in [1.165, 1.54) is 24.3 Å². The van der Waals surface area contributed by atoms with Gasteiger partial charge in [-0.15, -0.1) is 0 Å². The molecule has 0 amide bonds. The number of unbranched alkanes of at least 4 members (excludes halogenated alkanes) is 1. The number of carbonyl (C=O) groups excluding carboxylic acids is 1. The van der Waals surface area contributed by atoms with E-state index in [9.17, 15) is 18.0 Å². The van der Waals surface area contributed by atoms with Crippen LogP contribution in [0.25, 0.3) is 0 Å². The first kappa shape index (κ1) is 14.3. The summed E-state index contributed by atoms with van der Waals surface area (Å²) in [5, 5.41) is 0. The third-order valence-corrected chi connectivity index (χ3v) is 2.03. The summed E-state index contributed by atoms with van der Waals surface area (Å²) in [6, 6.07) is 5.42. The number of carbonyl (C=O) groups is 1. The summed E-state index contributed by atoms with van der Waals surface area (Å²) in [6.45, 7) is 2.56. The molecule has 1 rings (SSSR count). The van der Waals surface area contributed by atoms with E-state index in [0.717, 1.165) is 12.8 Å². The fourth-order valence-corrected chi connectivity index (χ4v) is 1.10. The minimum atomic E-state index is -4.99. The number of ether oxygens (including phenoxy) is 2. The van der Waals surface area contributed by atoms with Crippen LogP contribution in [-0.4, -0.2) is 18.8 Å². The highest BCUT2D eigenvalue weighted by atomic mass is 19.4. The van der Waals surface area contributed by atoms with Crippen LogP contribution in [0.2, 0.25) is 0 Å². The Bertz CT molecular complexity index is 385. The maximum absolute atomic E-state index is 11.9. The van der Waals surface area contributed by atoms with Gasteiger partial charge >= 0.3 is 12.1 Å². The summed E-state index contributed by atoms with van der Waals surface area (Å²) in [7, 11) is 0. The summed E-state index contributed by atoms with van der Waals surface area (Å²) in [5.41, 5.74) is 0. The minimum Gasteiger partial charge on any atom is -0.494 e. The van der Waals surface area contributed by atoms with Crippen molar-refractivity contribution in [1.82, 2.24) is 0 Å². The molecule has 0 N–H and O–H groups in total. The molecular formula is C12H13F3O3. The first-order chi connectivity index (χ1) is 8.43. The van der Waals surface area contributed by atoms with Crippen molar-refractivity contribution in [2.75, 3.05) is 6.61 Å². The van der Waals surface area contributed by atoms with Crippen LogP contribution in [0.15, 0.2) is 24.3 Å². The van der Waals surface area contributed by atoms with E-state index in [1.807, 2.05) is 6.92 Å². The third-order valence-electron chi connectivity index (χ3n) is 2.03. The van der Waals surface area contributed by atoms with Gasteiger partial charge in [0.2, 0.25) is 0 Å². The molecule has 0 fully saturated rings. The van der Waals surface area contributed by atoms with Crippen LogP contribution < -0.4 is 9.47 Å². The Balaban J connectivity index is 2.53. The molecule has 0 heterocycles. The Morgan fingerprint density at radius 1 is 1.17 bits per heavy atom. The summed E-state index contributed by atoms with van der Waals surface area (Å²) < 4.78 is 45.2. The maximum Gasteiger partial charge on any atom is 0.491 e. The maximum atomic E-state index is 11.9. The van der Waals surface area contributed by atoms with Gasteiger partial charge in [-0.2, -0.15) is 13.2 Å². The van der Waals surface area contributed by atoms with Crippen molar-refractivity contribution in [2.24, 2.45) is 0 Å². The van der Waals surface area contributed by atoms with Crippen molar-refractivity contribution in [3.8, 4) is 11.5 Å². The van der Waals surface area contributed by atoms with Gasteiger partial charge in [-0.1, -0.05) is 13.3 Å². The lowest BCUT2D eigenvalue weighted by molar-refractivity contribution is -0.189. The normalized spacial score (nSPS) is 11.1. The quantitative estimate of drug-likeness (QED) is 0.464. The second kappa shape index (κ2) is 6.28. The van der Waals surface area contributed by atoms with Gasteiger partial charge in [-0.25, -0.2) is 4.79 Å². The molecule has 0 unspecified atom stereocenters. The highest BCUT2D eigenvalue weighted by Crippen LogP contribution is 2.22. The number of esters is 1. The van der Waals surface area contributed by atoms with Crippen molar-refractivity contribution in [3.63, 3.8) is 0 Å². The smallest absolute Gasteiger partial charge is 0.491 e. The van der Waals surface area contributed by atoms with Crippen LogP contribution in [0.4, 0.5) is 13.2 Å². The zero-order valence-corrected chi connectivity index (χ0v) is 9.79. The van der Waals surface area contributed by atoms with Crippen molar-refractivity contribution in [3.05, 3.63) is 24.3 Å². The Morgan fingerprint density at radius 2 is 1.72 bits per heavy atom. The van der Waals surface area contributed by atoms with E-state index in [4.69, 9.17) is 4.74 Å². The Labute approximate surface area is 103 Å². The lowest BCUT2D eigenvalue weighted by atomic mass is 10.3. The van der Waals surface area contributed by atoms with Gasteiger partial charge in [0.1, 0.15) is 11.5 Å². The highest BCUT2D eigenvalue weighted by Gasteiger charge is 2.41. The van der Waals surface area contributed by atoms with Crippen molar-refractivity contribution < 1.29 is 27.4 Å². The Morgan fingerprint density at radius 3 is 2.22 bits per heavy atom. The van der Waals surface area contributed by atoms with Gasteiger partial charge in [0.25, 0.3) is 0 Å². The van der Waals surface area contributed by atoms with Gasteiger partial charge in [0.05, 0.1) is 6.61 Å². The minimum absolute atomic E-state index is 0.167. The molecule has 0 radical (unpaired) electrons.